The van der Waals surface area contributed by atoms with Gasteiger partial charge in [0, 0.05) is 11.9 Å². The van der Waals surface area contributed by atoms with Crippen LogP contribution in [0.1, 0.15) is 43.2 Å². The van der Waals surface area contributed by atoms with Gasteiger partial charge in [-0.15, -0.1) is 10.1 Å². The fourth-order valence-corrected chi connectivity index (χ4v) is 3.15. The maximum absolute atomic E-state index is 10.8. The van der Waals surface area contributed by atoms with Gasteiger partial charge in [-0.05, 0) is 55.0 Å². The summed E-state index contributed by atoms with van der Waals surface area (Å²) in [6.45, 7) is 3.67. The van der Waals surface area contributed by atoms with Gasteiger partial charge < -0.3 is 9.41 Å². The molecule has 1 aliphatic heterocycles. The summed E-state index contributed by atoms with van der Waals surface area (Å²) in [6.07, 6.45) is 11.4. The molecule has 5 nitrogen and oxygen atoms in total. The average molecular weight is 324 g/mol. The van der Waals surface area contributed by atoms with Crippen LogP contribution in [0.5, 0.6) is 5.75 Å². The molecule has 1 saturated carbocycles. The van der Waals surface area contributed by atoms with E-state index in [4.69, 9.17) is 9.41 Å². The number of allylic oxidation sites excluding steroid dienone is 2. The van der Waals surface area contributed by atoms with Crippen molar-refractivity contribution in [1.29, 1.82) is 0 Å². The molecule has 2 aliphatic rings. The Morgan fingerprint density at radius 1 is 1.25 bits per heavy atom. The topological polar surface area (TPSA) is 60.2 Å². The molecular formula is C18H21BN2O3. The predicted octanol–water partition coefficient (Wildman–Crippen LogP) is 4.74. The number of para-hydroxylation sites is 1. The molecule has 0 spiro atoms. The molecule has 124 valence electrons. The highest BCUT2D eigenvalue weighted by molar-refractivity contribution is 6.45. The SMILES string of the molecule is C=C(N=O)c1cccc2c1OB(ON=CC=C1CCCCC1)CC2. The largest absolute Gasteiger partial charge is 0.616 e. The summed E-state index contributed by atoms with van der Waals surface area (Å²) in [6, 6.07) is 5.63. The number of aryl methyl sites for hydroxylation is 1. The number of nitrogens with zero attached hydrogens (tertiary/aromatic N) is 2. The maximum atomic E-state index is 10.8. The lowest BCUT2D eigenvalue weighted by molar-refractivity contribution is 0.276. The van der Waals surface area contributed by atoms with E-state index in [1.54, 1.807) is 12.3 Å². The van der Waals surface area contributed by atoms with Crippen molar-refractivity contribution in [3.05, 3.63) is 52.5 Å². The van der Waals surface area contributed by atoms with E-state index in [-0.39, 0.29) is 5.70 Å². The number of benzene rings is 1. The Kier molecular flexibility index (Phi) is 5.46. The highest BCUT2D eigenvalue weighted by atomic mass is 16.7. The second-order valence-electron chi connectivity index (χ2n) is 6.16. The van der Waals surface area contributed by atoms with E-state index < -0.39 is 7.12 Å². The summed E-state index contributed by atoms with van der Waals surface area (Å²) in [7, 11) is -0.459. The van der Waals surface area contributed by atoms with Gasteiger partial charge in [0.2, 0.25) is 0 Å². The highest BCUT2D eigenvalue weighted by Gasteiger charge is 2.31. The van der Waals surface area contributed by atoms with Gasteiger partial charge in [-0.1, -0.05) is 30.7 Å². The Balaban J connectivity index is 1.62. The van der Waals surface area contributed by atoms with Gasteiger partial charge in [-0.2, -0.15) is 0 Å². The molecule has 1 fully saturated rings. The van der Waals surface area contributed by atoms with Gasteiger partial charge in [0.1, 0.15) is 11.4 Å². The fraction of sp³-hybridized carbons (Fsp3) is 0.389. The third-order valence-electron chi connectivity index (χ3n) is 4.46. The van der Waals surface area contributed by atoms with Crippen LogP contribution in [-0.2, 0) is 11.2 Å². The molecule has 3 rings (SSSR count). The van der Waals surface area contributed by atoms with E-state index in [0.29, 0.717) is 17.6 Å². The third-order valence-corrected chi connectivity index (χ3v) is 4.46. The van der Waals surface area contributed by atoms with Crippen molar-refractivity contribution in [2.24, 2.45) is 10.3 Å². The molecule has 0 unspecified atom stereocenters. The average Bonchev–Trinajstić information content (AvgIpc) is 2.65. The van der Waals surface area contributed by atoms with Crippen molar-refractivity contribution < 1.29 is 9.41 Å². The molecule has 1 aromatic rings. The van der Waals surface area contributed by atoms with Crippen LogP contribution in [0.15, 0.2) is 46.8 Å². The van der Waals surface area contributed by atoms with Crippen molar-refractivity contribution in [2.75, 3.05) is 0 Å². The van der Waals surface area contributed by atoms with Crippen LogP contribution < -0.4 is 4.65 Å². The Hall–Kier alpha value is -2.37. The van der Waals surface area contributed by atoms with E-state index in [9.17, 15) is 4.91 Å². The maximum Gasteiger partial charge on any atom is 0.616 e. The van der Waals surface area contributed by atoms with Gasteiger partial charge >= 0.3 is 7.12 Å². The van der Waals surface area contributed by atoms with E-state index in [0.717, 1.165) is 24.8 Å². The summed E-state index contributed by atoms with van der Waals surface area (Å²) >= 11 is 0. The van der Waals surface area contributed by atoms with Gasteiger partial charge in [0.25, 0.3) is 0 Å². The smallest absolute Gasteiger partial charge is 0.524 e. The van der Waals surface area contributed by atoms with Gasteiger partial charge in [-0.25, -0.2) is 0 Å². The minimum Gasteiger partial charge on any atom is -0.524 e. The summed E-state index contributed by atoms with van der Waals surface area (Å²) < 4.78 is 11.3. The van der Waals surface area contributed by atoms with Gasteiger partial charge in [-0.3, -0.25) is 0 Å². The number of nitroso groups, excluding NO2 is 1. The van der Waals surface area contributed by atoms with E-state index >= 15 is 0 Å². The summed E-state index contributed by atoms with van der Waals surface area (Å²) in [4.78, 5) is 10.8. The molecule has 0 aromatic heterocycles. The van der Waals surface area contributed by atoms with Crippen LogP contribution in [0.4, 0.5) is 0 Å². The van der Waals surface area contributed by atoms with Crippen LogP contribution in [0.25, 0.3) is 5.70 Å². The van der Waals surface area contributed by atoms with Gasteiger partial charge in [0.05, 0.1) is 6.21 Å². The van der Waals surface area contributed by atoms with Crippen molar-refractivity contribution in [3.63, 3.8) is 0 Å². The zero-order chi connectivity index (χ0) is 16.8. The predicted molar refractivity (Wildman–Crippen MR) is 96.9 cm³/mol. The fourth-order valence-electron chi connectivity index (χ4n) is 3.15. The van der Waals surface area contributed by atoms with Crippen molar-refractivity contribution in [2.45, 2.75) is 44.8 Å². The van der Waals surface area contributed by atoms with Crippen LogP contribution in [0.2, 0.25) is 6.32 Å². The summed E-state index contributed by atoms with van der Waals surface area (Å²) in [5, 5.41) is 6.94. The van der Waals surface area contributed by atoms with Gasteiger partial charge in [0.15, 0.2) is 0 Å². The molecule has 0 atom stereocenters. The Labute approximate surface area is 142 Å². The van der Waals surface area contributed by atoms with Crippen molar-refractivity contribution >= 4 is 19.0 Å². The molecule has 6 heteroatoms. The zero-order valence-corrected chi connectivity index (χ0v) is 13.7. The minimum atomic E-state index is -0.459. The standard InChI is InChI=1S/C18H21BN2O3/c1-14(21-22)17-9-5-8-16-10-12-19(23-18(16)17)24-20-13-11-15-6-3-2-4-7-15/h5,8-9,11,13H,1-4,6-7,10,12H2. The summed E-state index contributed by atoms with van der Waals surface area (Å²) in [5.74, 6) is 0.624. The number of hydrogen-bond donors (Lipinski definition) is 0. The highest BCUT2D eigenvalue weighted by Crippen LogP contribution is 2.34. The molecule has 0 radical (unpaired) electrons. The molecule has 1 aromatic carbocycles. The van der Waals surface area contributed by atoms with E-state index in [1.807, 2.05) is 18.2 Å². The monoisotopic (exact) mass is 324 g/mol. The third kappa shape index (κ3) is 3.93. The Bertz CT molecular complexity index is 677. The number of fused-ring (bicyclic) bond motifs is 1. The van der Waals surface area contributed by atoms with Crippen LogP contribution in [0, 0.1) is 4.91 Å². The first-order valence-corrected chi connectivity index (χ1v) is 8.46. The zero-order valence-electron chi connectivity index (χ0n) is 13.7. The lowest BCUT2D eigenvalue weighted by atomic mass is 9.78. The van der Waals surface area contributed by atoms with E-state index in [2.05, 4.69) is 16.9 Å². The minimum absolute atomic E-state index is 0.165. The first-order chi connectivity index (χ1) is 11.8. The summed E-state index contributed by atoms with van der Waals surface area (Å²) in [5.41, 5.74) is 3.24. The molecular weight excluding hydrogens is 303 g/mol. The Morgan fingerprint density at radius 3 is 2.88 bits per heavy atom. The number of oxime groups is 1. The quantitative estimate of drug-likeness (QED) is 0.340. The molecule has 0 saturated heterocycles. The second kappa shape index (κ2) is 7.95. The van der Waals surface area contributed by atoms with Crippen LogP contribution in [-0.4, -0.2) is 13.3 Å². The van der Waals surface area contributed by atoms with Crippen LogP contribution in [0.3, 0.4) is 0 Å². The molecule has 0 amide bonds. The molecule has 1 heterocycles. The first-order valence-electron chi connectivity index (χ1n) is 8.46. The van der Waals surface area contributed by atoms with Crippen molar-refractivity contribution in [1.82, 2.24) is 0 Å². The van der Waals surface area contributed by atoms with Crippen LogP contribution >= 0.6 is 0 Å². The lowest BCUT2D eigenvalue weighted by Gasteiger charge is -2.23. The molecule has 0 N–H and O–H groups in total. The van der Waals surface area contributed by atoms with E-state index in [1.165, 1.54) is 24.8 Å². The first kappa shape index (κ1) is 16.5. The molecule has 0 bridgehead atoms. The normalized spacial score (nSPS) is 17.2. The number of hydrogen-bond acceptors (Lipinski definition) is 5. The Morgan fingerprint density at radius 2 is 2.08 bits per heavy atom. The second-order valence-corrected chi connectivity index (χ2v) is 6.16. The molecule has 24 heavy (non-hydrogen) atoms. The lowest BCUT2D eigenvalue weighted by Crippen LogP contribution is -2.29. The molecule has 1 aliphatic carbocycles. The van der Waals surface area contributed by atoms with Crippen molar-refractivity contribution in [3.8, 4) is 5.75 Å². The number of rotatable bonds is 5.